The lowest BCUT2D eigenvalue weighted by atomic mass is 10.2. The van der Waals surface area contributed by atoms with Gasteiger partial charge in [-0.2, -0.15) is 0 Å². The Balaban J connectivity index is 1.65. The van der Waals surface area contributed by atoms with Crippen LogP contribution in [0.1, 0.15) is 0 Å². The van der Waals surface area contributed by atoms with Crippen LogP contribution in [0.4, 0.5) is 0 Å². The molecule has 3 heterocycles. The fourth-order valence-corrected chi connectivity index (χ4v) is 2.98. The van der Waals surface area contributed by atoms with Crippen LogP contribution in [0, 0.1) is 0 Å². The predicted molar refractivity (Wildman–Crippen MR) is 85.1 cm³/mol. The number of benzene rings is 1. The molecule has 0 saturated carbocycles. The normalized spacial score (nSPS) is 16.5. The van der Waals surface area contributed by atoms with E-state index in [4.69, 9.17) is 4.74 Å². The summed E-state index contributed by atoms with van der Waals surface area (Å²) in [7, 11) is 0. The number of hydrogen-bond acceptors (Lipinski definition) is 4. The number of rotatable bonds is 3. The van der Waals surface area contributed by atoms with Crippen molar-refractivity contribution >= 4 is 21.9 Å². The minimum absolute atomic E-state index is 0.0264. The van der Waals surface area contributed by atoms with Gasteiger partial charge in [0.25, 0.3) is 0 Å². The molecule has 6 heteroatoms. The van der Waals surface area contributed by atoms with Crippen molar-refractivity contribution in [3.8, 4) is 0 Å². The van der Waals surface area contributed by atoms with Gasteiger partial charge in [-0.25, -0.2) is 4.98 Å². The summed E-state index contributed by atoms with van der Waals surface area (Å²) in [4.78, 5) is 21.9. The van der Waals surface area contributed by atoms with Crippen LogP contribution in [0.15, 0.2) is 35.5 Å². The van der Waals surface area contributed by atoms with Gasteiger partial charge in [0, 0.05) is 43.8 Å². The third-order valence-electron chi connectivity index (χ3n) is 4.26. The Hall–Kier alpha value is -2.18. The monoisotopic (exact) mass is 298 g/mol. The molecule has 1 aliphatic rings. The topological polar surface area (TPSA) is 63.2 Å². The molecule has 0 amide bonds. The minimum atomic E-state index is 0.0264. The molecule has 0 atom stereocenters. The zero-order valence-corrected chi connectivity index (χ0v) is 12.3. The van der Waals surface area contributed by atoms with Crippen LogP contribution in [0.25, 0.3) is 21.9 Å². The van der Waals surface area contributed by atoms with Crippen molar-refractivity contribution in [2.75, 3.05) is 32.8 Å². The zero-order valence-electron chi connectivity index (χ0n) is 12.3. The fraction of sp³-hybridized carbons (Fsp3) is 0.375. The molecule has 6 nitrogen and oxygen atoms in total. The highest BCUT2D eigenvalue weighted by Crippen LogP contribution is 2.18. The van der Waals surface area contributed by atoms with Crippen molar-refractivity contribution in [2.24, 2.45) is 0 Å². The second-order valence-corrected chi connectivity index (χ2v) is 5.62. The van der Waals surface area contributed by atoms with E-state index in [-0.39, 0.29) is 5.43 Å². The number of imidazole rings is 1. The molecule has 1 aliphatic heterocycles. The molecule has 0 unspecified atom stereocenters. The van der Waals surface area contributed by atoms with Crippen LogP contribution in [0.2, 0.25) is 0 Å². The van der Waals surface area contributed by atoms with Crippen molar-refractivity contribution in [2.45, 2.75) is 6.54 Å². The molecule has 1 fully saturated rings. The maximum absolute atomic E-state index is 11.9. The Labute approximate surface area is 127 Å². The van der Waals surface area contributed by atoms with Crippen LogP contribution < -0.4 is 5.43 Å². The van der Waals surface area contributed by atoms with Crippen molar-refractivity contribution in [1.82, 2.24) is 19.4 Å². The van der Waals surface area contributed by atoms with Gasteiger partial charge in [-0.1, -0.05) is 0 Å². The standard InChI is InChI=1S/C16H18N4O2/c21-16-1-2-17-13-10-15-14(9-12(13)16)18-11-20(15)4-3-19-5-7-22-8-6-19/h1-2,9-11H,3-8H2,(H,17,21). The Morgan fingerprint density at radius 2 is 2.09 bits per heavy atom. The summed E-state index contributed by atoms with van der Waals surface area (Å²) in [6, 6.07) is 5.43. The highest BCUT2D eigenvalue weighted by atomic mass is 16.5. The summed E-state index contributed by atoms with van der Waals surface area (Å²) < 4.78 is 7.52. The van der Waals surface area contributed by atoms with E-state index in [2.05, 4.69) is 19.4 Å². The first kappa shape index (κ1) is 13.5. The lowest BCUT2D eigenvalue weighted by Gasteiger charge is -2.26. The second-order valence-electron chi connectivity index (χ2n) is 5.62. The van der Waals surface area contributed by atoms with Crippen molar-refractivity contribution < 1.29 is 4.74 Å². The molecule has 1 saturated heterocycles. The second kappa shape index (κ2) is 5.55. The Morgan fingerprint density at radius 1 is 1.23 bits per heavy atom. The number of aromatic nitrogens is 3. The Morgan fingerprint density at radius 3 is 2.95 bits per heavy atom. The van der Waals surface area contributed by atoms with E-state index in [1.54, 1.807) is 12.3 Å². The first-order valence-electron chi connectivity index (χ1n) is 7.58. The first-order chi connectivity index (χ1) is 10.8. The van der Waals surface area contributed by atoms with Crippen LogP contribution in [0.3, 0.4) is 0 Å². The number of H-pyrrole nitrogens is 1. The third kappa shape index (κ3) is 2.40. The molecular weight excluding hydrogens is 280 g/mol. The predicted octanol–water partition coefficient (Wildman–Crippen LogP) is 1.21. The number of ether oxygens (including phenoxy) is 1. The van der Waals surface area contributed by atoms with Crippen molar-refractivity contribution in [3.05, 3.63) is 40.9 Å². The fourth-order valence-electron chi connectivity index (χ4n) is 2.98. The number of morpholine rings is 1. The molecular formula is C16H18N4O2. The maximum Gasteiger partial charge on any atom is 0.189 e. The summed E-state index contributed by atoms with van der Waals surface area (Å²) in [5.74, 6) is 0. The van der Waals surface area contributed by atoms with Crippen LogP contribution in [-0.4, -0.2) is 52.3 Å². The van der Waals surface area contributed by atoms with E-state index in [0.29, 0.717) is 5.39 Å². The van der Waals surface area contributed by atoms with Crippen LogP contribution >= 0.6 is 0 Å². The van der Waals surface area contributed by atoms with Gasteiger partial charge in [-0.15, -0.1) is 0 Å². The molecule has 2 aromatic heterocycles. The maximum atomic E-state index is 11.9. The van der Waals surface area contributed by atoms with Gasteiger partial charge in [-0.3, -0.25) is 9.69 Å². The third-order valence-corrected chi connectivity index (χ3v) is 4.26. The number of aromatic amines is 1. The molecule has 4 rings (SSSR count). The number of fused-ring (bicyclic) bond motifs is 2. The number of pyridine rings is 1. The number of nitrogens with one attached hydrogen (secondary N) is 1. The van der Waals surface area contributed by atoms with E-state index >= 15 is 0 Å². The summed E-state index contributed by atoms with van der Waals surface area (Å²) in [5.41, 5.74) is 2.81. The molecule has 0 spiro atoms. The molecule has 1 aromatic carbocycles. The first-order valence-corrected chi connectivity index (χ1v) is 7.58. The van der Waals surface area contributed by atoms with Crippen molar-refractivity contribution in [1.29, 1.82) is 0 Å². The summed E-state index contributed by atoms with van der Waals surface area (Å²) in [5, 5.41) is 0.688. The molecule has 22 heavy (non-hydrogen) atoms. The molecule has 3 aromatic rings. The molecule has 1 N–H and O–H groups in total. The zero-order chi connectivity index (χ0) is 14.9. The number of nitrogens with zero attached hydrogens (tertiary/aromatic N) is 3. The quantitative estimate of drug-likeness (QED) is 0.789. The average molecular weight is 298 g/mol. The summed E-state index contributed by atoms with van der Waals surface area (Å²) in [6.07, 6.45) is 3.54. The molecule has 0 aliphatic carbocycles. The lowest BCUT2D eigenvalue weighted by Crippen LogP contribution is -2.38. The van der Waals surface area contributed by atoms with Gasteiger partial charge in [0.1, 0.15) is 0 Å². The number of hydrogen-bond donors (Lipinski definition) is 1. The van der Waals surface area contributed by atoms with Crippen LogP contribution in [-0.2, 0) is 11.3 Å². The molecule has 0 bridgehead atoms. The average Bonchev–Trinajstić information content (AvgIpc) is 2.95. The summed E-state index contributed by atoms with van der Waals surface area (Å²) >= 11 is 0. The van der Waals surface area contributed by atoms with E-state index < -0.39 is 0 Å². The SMILES string of the molecule is O=c1cc[nH]c2cc3c(cc12)ncn3CCN1CCOCC1. The largest absolute Gasteiger partial charge is 0.379 e. The van der Waals surface area contributed by atoms with Gasteiger partial charge >= 0.3 is 0 Å². The van der Waals surface area contributed by atoms with E-state index in [1.165, 1.54) is 0 Å². The Bertz CT molecular complexity index is 861. The molecule has 0 radical (unpaired) electrons. The highest BCUT2D eigenvalue weighted by Gasteiger charge is 2.11. The van der Waals surface area contributed by atoms with Crippen molar-refractivity contribution in [3.63, 3.8) is 0 Å². The summed E-state index contributed by atoms with van der Waals surface area (Å²) in [6.45, 7) is 5.48. The van der Waals surface area contributed by atoms with Gasteiger partial charge in [0.15, 0.2) is 5.43 Å². The minimum Gasteiger partial charge on any atom is -0.379 e. The lowest BCUT2D eigenvalue weighted by molar-refractivity contribution is 0.0365. The molecule has 114 valence electrons. The van der Waals surface area contributed by atoms with Crippen LogP contribution in [0.5, 0.6) is 0 Å². The highest BCUT2D eigenvalue weighted by molar-refractivity contribution is 5.92. The smallest absolute Gasteiger partial charge is 0.189 e. The van der Waals surface area contributed by atoms with Gasteiger partial charge < -0.3 is 14.3 Å². The van der Waals surface area contributed by atoms with Gasteiger partial charge in [0.05, 0.1) is 36.1 Å². The Kier molecular flexibility index (Phi) is 3.40. The van der Waals surface area contributed by atoms with E-state index in [0.717, 1.165) is 55.9 Å². The van der Waals surface area contributed by atoms with Gasteiger partial charge in [0.2, 0.25) is 0 Å². The van der Waals surface area contributed by atoms with E-state index in [1.807, 2.05) is 18.5 Å². The van der Waals surface area contributed by atoms with E-state index in [9.17, 15) is 4.79 Å². The van der Waals surface area contributed by atoms with Gasteiger partial charge in [-0.05, 0) is 12.1 Å².